The molecule has 1 fully saturated rings. The Bertz CT molecular complexity index is 762. The lowest BCUT2D eigenvalue weighted by Gasteiger charge is -2.20. The summed E-state index contributed by atoms with van der Waals surface area (Å²) in [5, 5.41) is 3.47. The van der Waals surface area contributed by atoms with Gasteiger partial charge in [-0.3, -0.25) is 9.78 Å². The van der Waals surface area contributed by atoms with Crippen molar-refractivity contribution in [3.63, 3.8) is 0 Å². The number of ether oxygens (including phenoxy) is 1. The zero-order valence-corrected chi connectivity index (χ0v) is 14.7. The number of aromatic nitrogens is 3. The Kier molecular flexibility index (Phi) is 5.06. The molecule has 1 amide bonds. The summed E-state index contributed by atoms with van der Waals surface area (Å²) in [5.41, 5.74) is 2.80. The second-order valence-electron chi connectivity index (χ2n) is 6.79. The van der Waals surface area contributed by atoms with Gasteiger partial charge in [0.05, 0.1) is 17.9 Å². The number of hydrogen-bond acceptors (Lipinski definition) is 6. The maximum absolute atomic E-state index is 12.7. The number of anilines is 1. The number of pyridine rings is 1. The van der Waals surface area contributed by atoms with Gasteiger partial charge in [0.2, 0.25) is 0 Å². The lowest BCUT2D eigenvalue weighted by Crippen LogP contribution is -2.33. The molecule has 7 nitrogen and oxygen atoms in total. The molecule has 0 unspecified atom stereocenters. The van der Waals surface area contributed by atoms with E-state index >= 15 is 0 Å². The molecular weight excluding hydrogens is 330 g/mol. The molecule has 0 aromatic carbocycles. The first-order valence-electron chi connectivity index (χ1n) is 9.15. The van der Waals surface area contributed by atoms with Crippen LogP contribution < -0.4 is 5.32 Å². The van der Waals surface area contributed by atoms with Gasteiger partial charge < -0.3 is 15.0 Å². The molecule has 0 spiro atoms. The minimum Gasteiger partial charge on any atom is -0.381 e. The van der Waals surface area contributed by atoms with E-state index in [2.05, 4.69) is 20.3 Å². The quantitative estimate of drug-likeness (QED) is 0.899. The maximum Gasteiger partial charge on any atom is 0.255 e. The second-order valence-corrected chi connectivity index (χ2v) is 6.79. The molecule has 2 aliphatic rings. The van der Waals surface area contributed by atoms with Gasteiger partial charge in [-0.05, 0) is 25.0 Å². The van der Waals surface area contributed by atoms with E-state index in [1.54, 1.807) is 24.8 Å². The maximum atomic E-state index is 12.7. The number of amides is 1. The summed E-state index contributed by atoms with van der Waals surface area (Å²) in [5.74, 6) is 1.46. The lowest BCUT2D eigenvalue weighted by atomic mass is 10.1. The summed E-state index contributed by atoms with van der Waals surface area (Å²) in [6.45, 7) is 3.85. The van der Waals surface area contributed by atoms with Crippen molar-refractivity contribution in [3.8, 4) is 0 Å². The third kappa shape index (κ3) is 3.67. The van der Waals surface area contributed by atoms with Crippen molar-refractivity contribution in [1.29, 1.82) is 0 Å². The number of hydrogen-bond donors (Lipinski definition) is 1. The van der Waals surface area contributed by atoms with Crippen molar-refractivity contribution in [2.75, 3.05) is 38.2 Å². The van der Waals surface area contributed by atoms with E-state index in [1.165, 1.54) is 0 Å². The number of rotatable bonds is 4. The lowest BCUT2D eigenvalue weighted by molar-refractivity contribution is 0.0762. The van der Waals surface area contributed by atoms with Crippen molar-refractivity contribution >= 4 is 11.7 Å². The molecule has 136 valence electrons. The minimum absolute atomic E-state index is 0.0245. The molecule has 1 saturated heterocycles. The van der Waals surface area contributed by atoms with E-state index in [0.29, 0.717) is 24.6 Å². The standard InChI is InChI=1S/C19H23N5O2/c25-19(15-2-1-6-20-11-15)24-7-3-16-17(4-8-24)22-13-23-18(16)21-10-14-5-9-26-12-14/h1-2,6,11,13-14H,3-5,7-10,12H2,(H,21,22,23)/t14-/m1/s1. The van der Waals surface area contributed by atoms with Crippen LogP contribution in [-0.2, 0) is 17.6 Å². The van der Waals surface area contributed by atoms with E-state index in [1.807, 2.05) is 11.0 Å². The summed E-state index contributed by atoms with van der Waals surface area (Å²) in [4.78, 5) is 27.5. The molecule has 0 aliphatic carbocycles. The monoisotopic (exact) mass is 353 g/mol. The van der Waals surface area contributed by atoms with Gasteiger partial charge in [0, 0.05) is 56.5 Å². The van der Waals surface area contributed by atoms with Crippen molar-refractivity contribution in [2.45, 2.75) is 19.3 Å². The van der Waals surface area contributed by atoms with Crippen LogP contribution in [0.15, 0.2) is 30.9 Å². The Balaban J connectivity index is 1.45. The first-order chi connectivity index (χ1) is 12.8. The number of nitrogens with zero attached hydrogens (tertiary/aromatic N) is 4. The van der Waals surface area contributed by atoms with Gasteiger partial charge >= 0.3 is 0 Å². The van der Waals surface area contributed by atoms with Crippen LogP contribution in [0.5, 0.6) is 0 Å². The molecule has 1 atom stereocenters. The van der Waals surface area contributed by atoms with Crippen molar-refractivity contribution < 1.29 is 9.53 Å². The molecular formula is C19H23N5O2. The molecule has 7 heteroatoms. The third-order valence-corrected chi connectivity index (χ3v) is 5.06. The molecule has 1 N–H and O–H groups in total. The van der Waals surface area contributed by atoms with Crippen LogP contribution in [0.4, 0.5) is 5.82 Å². The SMILES string of the molecule is O=C(c1cccnc1)N1CCc2ncnc(NC[C@H]3CCOC3)c2CC1. The molecule has 4 heterocycles. The highest BCUT2D eigenvalue weighted by Crippen LogP contribution is 2.22. The Morgan fingerprint density at radius 1 is 1.31 bits per heavy atom. The summed E-state index contributed by atoms with van der Waals surface area (Å²) in [6, 6.07) is 3.60. The van der Waals surface area contributed by atoms with Crippen LogP contribution in [0.2, 0.25) is 0 Å². The van der Waals surface area contributed by atoms with Crippen LogP contribution in [0.1, 0.15) is 28.0 Å². The second kappa shape index (κ2) is 7.78. The van der Waals surface area contributed by atoms with E-state index in [4.69, 9.17) is 4.74 Å². The van der Waals surface area contributed by atoms with E-state index in [-0.39, 0.29) is 5.91 Å². The molecule has 2 aromatic rings. The predicted octanol–water partition coefficient (Wildman–Crippen LogP) is 1.56. The van der Waals surface area contributed by atoms with E-state index in [9.17, 15) is 4.79 Å². The van der Waals surface area contributed by atoms with Crippen LogP contribution in [0, 0.1) is 5.92 Å². The zero-order chi connectivity index (χ0) is 17.8. The summed E-state index contributed by atoms with van der Waals surface area (Å²) >= 11 is 0. The highest BCUT2D eigenvalue weighted by molar-refractivity contribution is 5.93. The molecule has 0 bridgehead atoms. The summed E-state index contributed by atoms with van der Waals surface area (Å²) in [6.07, 6.45) is 7.50. The Morgan fingerprint density at radius 3 is 3.04 bits per heavy atom. The van der Waals surface area contributed by atoms with Crippen LogP contribution in [0.25, 0.3) is 0 Å². The van der Waals surface area contributed by atoms with Crippen LogP contribution >= 0.6 is 0 Å². The molecule has 0 radical (unpaired) electrons. The van der Waals surface area contributed by atoms with Crippen molar-refractivity contribution in [3.05, 3.63) is 47.7 Å². The smallest absolute Gasteiger partial charge is 0.255 e. The van der Waals surface area contributed by atoms with E-state index < -0.39 is 0 Å². The fourth-order valence-electron chi connectivity index (χ4n) is 3.54. The number of carbonyl (C=O) groups is 1. The van der Waals surface area contributed by atoms with Gasteiger partial charge in [-0.1, -0.05) is 0 Å². The fourth-order valence-corrected chi connectivity index (χ4v) is 3.54. The number of fused-ring (bicyclic) bond motifs is 1. The molecule has 0 saturated carbocycles. The predicted molar refractivity (Wildman–Crippen MR) is 97.0 cm³/mol. The number of carbonyl (C=O) groups excluding carboxylic acids is 1. The molecule has 4 rings (SSSR count). The topological polar surface area (TPSA) is 80.2 Å². The van der Waals surface area contributed by atoms with Gasteiger partial charge in [0.1, 0.15) is 12.1 Å². The zero-order valence-electron chi connectivity index (χ0n) is 14.7. The van der Waals surface area contributed by atoms with Crippen LogP contribution in [-0.4, -0.2) is 58.6 Å². The van der Waals surface area contributed by atoms with Crippen molar-refractivity contribution in [2.24, 2.45) is 5.92 Å². The minimum atomic E-state index is 0.0245. The number of nitrogens with one attached hydrogen (secondary N) is 1. The molecule has 26 heavy (non-hydrogen) atoms. The average Bonchev–Trinajstić information content (AvgIpc) is 3.11. The Hall–Kier alpha value is -2.54. The molecule has 2 aliphatic heterocycles. The highest BCUT2D eigenvalue weighted by atomic mass is 16.5. The van der Waals surface area contributed by atoms with Gasteiger partial charge in [-0.15, -0.1) is 0 Å². The average molecular weight is 353 g/mol. The third-order valence-electron chi connectivity index (χ3n) is 5.06. The Morgan fingerprint density at radius 2 is 2.23 bits per heavy atom. The van der Waals surface area contributed by atoms with Crippen molar-refractivity contribution in [1.82, 2.24) is 19.9 Å². The van der Waals surface area contributed by atoms with E-state index in [0.717, 1.165) is 56.1 Å². The van der Waals surface area contributed by atoms with Gasteiger partial charge in [-0.2, -0.15) is 0 Å². The first kappa shape index (κ1) is 16.9. The van der Waals surface area contributed by atoms with Crippen LogP contribution in [0.3, 0.4) is 0 Å². The summed E-state index contributed by atoms with van der Waals surface area (Å²) < 4.78 is 5.44. The first-order valence-corrected chi connectivity index (χ1v) is 9.15. The molecule has 2 aromatic heterocycles. The highest BCUT2D eigenvalue weighted by Gasteiger charge is 2.23. The summed E-state index contributed by atoms with van der Waals surface area (Å²) in [7, 11) is 0. The Labute approximate surface area is 152 Å². The van der Waals surface area contributed by atoms with Gasteiger partial charge in [0.15, 0.2) is 0 Å². The van der Waals surface area contributed by atoms with Gasteiger partial charge in [-0.25, -0.2) is 9.97 Å². The largest absolute Gasteiger partial charge is 0.381 e. The normalized spacial score (nSPS) is 19.7. The fraction of sp³-hybridized carbons (Fsp3) is 0.474. The van der Waals surface area contributed by atoms with Gasteiger partial charge in [0.25, 0.3) is 5.91 Å².